The molecule has 5 nitrogen and oxygen atoms in total. The first-order valence-corrected chi connectivity index (χ1v) is 5.41. The van der Waals surface area contributed by atoms with Crippen LogP contribution in [0.25, 0.3) is 0 Å². The molecular formula is C12H7N5S. The highest BCUT2D eigenvalue weighted by Crippen LogP contribution is 2.23. The summed E-state index contributed by atoms with van der Waals surface area (Å²) in [6.07, 6.45) is 1.26. The molecule has 0 fully saturated rings. The van der Waals surface area contributed by atoms with Gasteiger partial charge in [-0.1, -0.05) is 12.1 Å². The molecule has 0 spiro atoms. The van der Waals surface area contributed by atoms with E-state index >= 15 is 0 Å². The normalized spacial score (nSPS) is 9.28. The summed E-state index contributed by atoms with van der Waals surface area (Å²) in [5, 5.41) is 20.6. The third kappa shape index (κ3) is 2.40. The Balaban J connectivity index is 2.43. The van der Waals surface area contributed by atoms with Gasteiger partial charge in [-0.15, -0.1) is 12.6 Å². The molecule has 0 saturated carbocycles. The predicted molar refractivity (Wildman–Crippen MR) is 68.4 cm³/mol. The Morgan fingerprint density at radius 2 is 1.94 bits per heavy atom. The monoisotopic (exact) mass is 253 g/mol. The van der Waals surface area contributed by atoms with Crippen LogP contribution in [0.2, 0.25) is 0 Å². The standard InChI is InChI=1S/C12H7N5S/c13-5-8-7-15-10(6-14)12(16-8)17-9-3-1-2-4-11(9)18/h1-4,7,18H,(H,16,17). The molecule has 1 heterocycles. The van der Waals surface area contributed by atoms with Gasteiger partial charge in [0.15, 0.2) is 17.2 Å². The molecule has 0 aliphatic heterocycles. The van der Waals surface area contributed by atoms with E-state index in [2.05, 4.69) is 27.9 Å². The zero-order valence-corrected chi connectivity index (χ0v) is 10.0. The highest BCUT2D eigenvalue weighted by molar-refractivity contribution is 7.80. The van der Waals surface area contributed by atoms with Crippen molar-refractivity contribution in [2.75, 3.05) is 5.32 Å². The number of nitrogens with one attached hydrogen (secondary N) is 1. The third-order valence-electron chi connectivity index (χ3n) is 2.15. The van der Waals surface area contributed by atoms with Crippen molar-refractivity contribution in [3.63, 3.8) is 0 Å². The first-order valence-electron chi connectivity index (χ1n) is 4.97. The minimum Gasteiger partial charge on any atom is -0.337 e. The Bertz CT molecular complexity index is 669. The van der Waals surface area contributed by atoms with Gasteiger partial charge in [0.1, 0.15) is 12.1 Å². The zero-order chi connectivity index (χ0) is 13.0. The van der Waals surface area contributed by atoms with Crippen LogP contribution in [0.5, 0.6) is 0 Å². The highest BCUT2D eigenvalue weighted by atomic mass is 32.1. The molecule has 0 radical (unpaired) electrons. The van der Waals surface area contributed by atoms with Crippen LogP contribution in [-0.2, 0) is 0 Å². The van der Waals surface area contributed by atoms with Crippen molar-refractivity contribution in [1.82, 2.24) is 9.97 Å². The lowest BCUT2D eigenvalue weighted by Gasteiger charge is -2.08. The van der Waals surface area contributed by atoms with Crippen molar-refractivity contribution >= 4 is 24.1 Å². The zero-order valence-electron chi connectivity index (χ0n) is 9.12. The van der Waals surface area contributed by atoms with E-state index in [4.69, 9.17) is 10.5 Å². The maximum absolute atomic E-state index is 8.93. The second kappa shape index (κ2) is 5.17. The molecule has 86 valence electrons. The number of thiol groups is 1. The van der Waals surface area contributed by atoms with Gasteiger partial charge in [0.05, 0.1) is 11.9 Å². The summed E-state index contributed by atoms with van der Waals surface area (Å²) < 4.78 is 0. The number of nitriles is 2. The van der Waals surface area contributed by atoms with Crippen molar-refractivity contribution in [3.8, 4) is 12.1 Å². The van der Waals surface area contributed by atoms with Crippen LogP contribution < -0.4 is 5.32 Å². The molecule has 1 N–H and O–H groups in total. The summed E-state index contributed by atoms with van der Waals surface area (Å²) in [5.41, 5.74) is 0.973. The lowest BCUT2D eigenvalue weighted by Crippen LogP contribution is -2.01. The van der Waals surface area contributed by atoms with E-state index in [-0.39, 0.29) is 17.2 Å². The number of nitrogens with zero attached hydrogens (tertiary/aromatic N) is 4. The van der Waals surface area contributed by atoms with Gasteiger partial charge < -0.3 is 5.32 Å². The third-order valence-corrected chi connectivity index (χ3v) is 2.54. The van der Waals surface area contributed by atoms with Gasteiger partial charge in [-0.25, -0.2) is 9.97 Å². The number of hydrogen-bond acceptors (Lipinski definition) is 6. The number of hydrogen-bond donors (Lipinski definition) is 2. The predicted octanol–water partition coefficient (Wildman–Crippen LogP) is 2.25. The van der Waals surface area contributed by atoms with Crippen LogP contribution >= 0.6 is 12.6 Å². The molecule has 2 aromatic rings. The quantitative estimate of drug-likeness (QED) is 0.802. The number of rotatable bonds is 2. The van der Waals surface area contributed by atoms with Crippen molar-refractivity contribution < 1.29 is 0 Å². The Kier molecular flexibility index (Phi) is 3.42. The number of anilines is 2. The SMILES string of the molecule is N#Cc1cnc(C#N)c(Nc2ccccc2S)n1. The van der Waals surface area contributed by atoms with Crippen molar-refractivity contribution in [3.05, 3.63) is 41.9 Å². The molecule has 1 aromatic carbocycles. The van der Waals surface area contributed by atoms with Gasteiger partial charge in [-0.3, -0.25) is 0 Å². The fourth-order valence-corrected chi connectivity index (χ4v) is 1.54. The largest absolute Gasteiger partial charge is 0.337 e. The average molecular weight is 253 g/mol. The Morgan fingerprint density at radius 3 is 2.61 bits per heavy atom. The first-order chi connectivity index (χ1) is 8.74. The van der Waals surface area contributed by atoms with Crippen molar-refractivity contribution in [1.29, 1.82) is 10.5 Å². The molecule has 0 unspecified atom stereocenters. The second-order valence-electron chi connectivity index (χ2n) is 3.32. The topological polar surface area (TPSA) is 85.4 Å². The van der Waals surface area contributed by atoms with E-state index in [1.54, 1.807) is 12.1 Å². The van der Waals surface area contributed by atoms with Crippen LogP contribution in [0.3, 0.4) is 0 Å². The molecule has 1 aromatic heterocycles. The van der Waals surface area contributed by atoms with Crippen molar-refractivity contribution in [2.24, 2.45) is 0 Å². The summed E-state index contributed by atoms with van der Waals surface area (Å²) in [4.78, 5) is 8.58. The molecule has 0 atom stereocenters. The minimum absolute atomic E-state index is 0.130. The fraction of sp³-hybridized carbons (Fsp3) is 0. The van der Waals surface area contributed by atoms with E-state index < -0.39 is 0 Å². The number of benzene rings is 1. The van der Waals surface area contributed by atoms with Gasteiger partial charge in [-0.2, -0.15) is 10.5 Å². The highest BCUT2D eigenvalue weighted by Gasteiger charge is 2.08. The van der Waals surface area contributed by atoms with Gasteiger partial charge in [0.25, 0.3) is 0 Å². The maximum atomic E-state index is 8.93. The molecule has 0 aliphatic rings. The summed E-state index contributed by atoms with van der Waals surface area (Å²) in [6.45, 7) is 0. The van der Waals surface area contributed by atoms with Gasteiger partial charge >= 0.3 is 0 Å². The molecule has 0 aliphatic carbocycles. The summed E-state index contributed by atoms with van der Waals surface area (Å²) in [5.74, 6) is 0.248. The van der Waals surface area contributed by atoms with Crippen LogP contribution in [0.15, 0.2) is 35.4 Å². The molecule has 0 amide bonds. The summed E-state index contributed by atoms with van der Waals surface area (Å²) in [7, 11) is 0. The van der Waals surface area contributed by atoms with Gasteiger partial charge in [0.2, 0.25) is 0 Å². The fourth-order valence-electron chi connectivity index (χ4n) is 1.32. The van der Waals surface area contributed by atoms with Crippen LogP contribution in [-0.4, -0.2) is 9.97 Å². The molecule has 0 saturated heterocycles. The van der Waals surface area contributed by atoms with E-state index in [0.29, 0.717) is 10.6 Å². The molecule has 2 rings (SSSR count). The van der Waals surface area contributed by atoms with Crippen LogP contribution in [0.1, 0.15) is 11.4 Å². The second-order valence-corrected chi connectivity index (χ2v) is 3.80. The number of para-hydroxylation sites is 1. The van der Waals surface area contributed by atoms with E-state index in [0.717, 1.165) is 0 Å². The van der Waals surface area contributed by atoms with Gasteiger partial charge in [0, 0.05) is 4.90 Å². The summed E-state index contributed by atoms with van der Waals surface area (Å²) in [6, 6.07) is 11.1. The molecule has 0 bridgehead atoms. The molecule has 18 heavy (non-hydrogen) atoms. The number of aromatic nitrogens is 2. The van der Waals surface area contributed by atoms with E-state index in [1.165, 1.54) is 6.20 Å². The first kappa shape index (κ1) is 11.9. The Hall–Kier alpha value is -2.57. The maximum Gasteiger partial charge on any atom is 0.183 e. The Labute approximate surface area is 109 Å². The van der Waals surface area contributed by atoms with E-state index in [1.807, 2.05) is 24.3 Å². The van der Waals surface area contributed by atoms with Gasteiger partial charge in [-0.05, 0) is 12.1 Å². The smallest absolute Gasteiger partial charge is 0.183 e. The molecule has 6 heteroatoms. The summed E-state index contributed by atoms with van der Waals surface area (Å²) >= 11 is 4.28. The Morgan fingerprint density at radius 1 is 1.17 bits per heavy atom. The molecular weight excluding hydrogens is 246 g/mol. The van der Waals surface area contributed by atoms with E-state index in [9.17, 15) is 0 Å². The average Bonchev–Trinajstić information content (AvgIpc) is 2.41. The van der Waals surface area contributed by atoms with Crippen LogP contribution in [0, 0.1) is 22.7 Å². The lowest BCUT2D eigenvalue weighted by atomic mass is 10.3. The van der Waals surface area contributed by atoms with Crippen molar-refractivity contribution in [2.45, 2.75) is 4.90 Å². The lowest BCUT2D eigenvalue weighted by molar-refractivity contribution is 1.13. The van der Waals surface area contributed by atoms with Crippen LogP contribution in [0.4, 0.5) is 11.5 Å². The minimum atomic E-state index is 0.130.